The molecule has 0 spiro atoms. The van der Waals surface area contributed by atoms with Crippen LogP contribution in [0.15, 0.2) is 30.3 Å². The molecule has 3 saturated carbocycles. The Kier molecular flexibility index (Phi) is 3.23. The Morgan fingerprint density at radius 2 is 1.91 bits per heavy atom. The molecule has 4 fully saturated rings. The van der Waals surface area contributed by atoms with Gasteiger partial charge in [0.1, 0.15) is 6.00 Å². The summed E-state index contributed by atoms with van der Waals surface area (Å²) in [5.41, 5.74) is 1.32. The third-order valence-corrected chi connectivity index (χ3v) is 6.60. The van der Waals surface area contributed by atoms with Crippen LogP contribution < -0.4 is 0 Å². The molecule has 2 bridgehead atoms. The second kappa shape index (κ2) is 4.83. The molecule has 22 heavy (non-hydrogen) atoms. The predicted octanol–water partition coefficient (Wildman–Crippen LogP) is 3.64. The van der Waals surface area contributed by atoms with Crippen molar-refractivity contribution in [1.29, 1.82) is 0 Å². The highest BCUT2D eigenvalue weighted by Gasteiger charge is 2.68. The maximum Gasteiger partial charge on any atom is 0.493 e. The molecule has 0 N–H and O–H groups in total. The summed E-state index contributed by atoms with van der Waals surface area (Å²) >= 11 is 0. The zero-order chi connectivity index (χ0) is 15.5. The highest BCUT2D eigenvalue weighted by Crippen LogP contribution is 2.66. The summed E-state index contributed by atoms with van der Waals surface area (Å²) < 4.78 is 18.5. The van der Waals surface area contributed by atoms with E-state index < -0.39 is 0 Å². The van der Waals surface area contributed by atoms with Gasteiger partial charge in [-0.3, -0.25) is 0 Å². The van der Waals surface area contributed by atoms with Crippen LogP contribution in [-0.4, -0.2) is 25.9 Å². The molecule has 1 aromatic carbocycles. The molecule has 5 atom stereocenters. The normalized spacial score (nSPS) is 40.0. The quantitative estimate of drug-likeness (QED) is 0.798. The standard InChI is InChI=1S/C18H25BO3/c1-17(2)13-10-14(17)18(3)15(11-13)21-19(22-18)16(20-4)12-8-6-5-7-9-12/h5-9,13-16H,10-11H2,1-4H3/t13-,14-,15+,16+,18-/m0/s1. The molecule has 3 nitrogen and oxygen atoms in total. The second-order valence-electron chi connectivity index (χ2n) is 7.90. The van der Waals surface area contributed by atoms with Gasteiger partial charge in [-0.15, -0.1) is 0 Å². The lowest BCUT2D eigenvalue weighted by Crippen LogP contribution is -2.65. The lowest BCUT2D eigenvalue weighted by atomic mass is 9.43. The smallest absolute Gasteiger partial charge is 0.403 e. The van der Waals surface area contributed by atoms with Crippen LogP contribution in [0.4, 0.5) is 0 Å². The van der Waals surface area contributed by atoms with Crippen LogP contribution in [0.25, 0.3) is 0 Å². The summed E-state index contributed by atoms with van der Waals surface area (Å²) in [6, 6.07) is 10.1. The van der Waals surface area contributed by atoms with Gasteiger partial charge >= 0.3 is 7.12 Å². The third kappa shape index (κ3) is 1.87. The van der Waals surface area contributed by atoms with Gasteiger partial charge in [0, 0.05) is 7.11 Å². The van der Waals surface area contributed by atoms with Crippen molar-refractivity contribution in [2.45, 2.75) is 51.3 Å². The Morgan fingerprint density at radius 1 is 1.18 bits per heavy atom. The SMILES string of the molecule is CO[C@@H](B1O[C@@H]2C[C@@H]3C[C@@H](C3(C)C)[C@]2(C)O1)c1ccccc1. The molecular weight excluding hydrogens is 275 g/mol. The molecule has 4 heteroatoms. The van der Waals surface area contributed by atoms with E-state index in [0.29, 0.717) is 11.3 Å². The molecule has 0 aromatic heterocycles. The van der Waals surface area contributed by atoms with Crippen LogP contribution in [0, 0.1) is 17.3 Å². The minimum Gasteiger partial charge on any atom is -0.403 e. The van der Waals surface area contributed by atoms with Crippen LogP contribution in [0.1, 0.15) is 45.2 Å². The molecule has 118 valence electrons. The van der Waals surface area contributed by atoms with Crippen molar-refractivity contribution >= 4 is 7.12 Å². The van der Waals surface area contributed by atoms with Gasteiger partial charge < -0.3 is 14.0 Å². The lowest BCUT2D eigenvalue weighted by molar-refractivity contribution is -0.199. The van der Waals surface area contributed by atoms with E-state index in [4.69, 9.17) is 14.0 Å². The Labute approximate surface area is 133 Å². The average molecular weight is 300 g/mol. The van der Waals surface area contributed by atoms with Crippen molar-refractivity contribution in [2.24, 2.45) is 17.3 Å². The fraction of sp³-hybridized carbons (Fsp3) is 0.667. The number of benzene rings is 1. The van der Waals surface area contributed by atoms with Gasteiger partial charge in [-0.05, 0) is 42.6 Å². The van der Waals surface area contributed by atoms with Crippen molar-refractivity contribution in [1.82, 2.24) is 0 Å². The van der Waals surface area contributed by atoms with Crippen LogP contribution in [-0.2, 0) is 14.0 Å². The fourth-order valence-electron chi connectivity index (χ4n) is 5.07. The molecule has 0 amide bonds. The molecule has 4 aliphatic rings. The zero-order valence-electron chi connectivity index (χ0n) is 13.9. The number of methoxy groups -OCH3 is 1. The van der Waals surface area contributed by atoms with Gasteiger partial charge in [0.25, 0.3) is 0 Å². The van der Waals surface area contributed by atoms with E-state index in [-0.39, 0.29) is 24.8 Å². The van der Waals surface area contributed by atoms with Gasteiger partial charge in [0.15, 0.2) is 0 Å². The monoisotopic (exact) mass is 300 g/mol. The molecule has 5 rings (SSSR count). The van der Waals surface area contributed by atoms with E-state index in [1.807, 2.05) is 18.2 Å². The average Bonchev–Trinajstić information content (AvgIpc) is 2.85. The van der Waals surface area contributed by atoms with Crippen LogP contribution in [0.2, 0.25) is 0 Å². The lowest BCUT2D eigenvalue weighted by Gasteiger charge is -2.64. The molecule has 0 radical (unpaired) electrons. The Morgan fingerprint density at radius 3 is 2.55 bits per heavy atom. The highest BCUT2D eigenvalue weighted by molar-refractivity contribution is 6.47. The van der Waals surface area contributed by atoms with Gasteiger partial charge in [-0.25, -0.2) is 0 Å². The topological polar surface area (TPSA) is 27.7 Å². The second-order valence-corrected chi connectivity index (χ2v) is 7.90. The number of ether oxygens (including phenoxy) is 1. The Bertz CT molecular complexity index is 561. The first-order valence-corrected chi connectivity index (χ1v) is 8.38. The summed E-state index contributed by atoms with van der Waals surface area (Å²) in [5, 5.41) is 0. The molecule has 0 unspecified atom stereocenters. The molecule has 1 aliphatic heterocycles. The van der Waals surface area contributed by atoms with Gasteiger partial charge in [-0.2, -0.15) is 0 Å². The largest absolute Gasteiger partial charge is 0.493 e. The van der Waals surface area contributed by atoms with Gasteiger partial charge in [-0.1, -0.05) is 44.2 Å². The van der Waals surface area contributed by atoms with Gasteiger partial charge in [0.2, 0.25) is 0 Å². The van der Waals surface area contributed by atoms with Crippen molar-refractivity contribution in [3.8, 4) is 0 Å². The maximum atomic E-state index is 6.50. The Balaban J connectivity index is 1.59. The van der Waals surface area contributed by atoms with Crippen molar-refractivity contribution in [3.05, 3.63) is 35.9 Å². The Hall–Kier alpha value is -0.835. The van der Waals surface area contributed by atoms with E-state index in [1.54, 1.807) is 7.11 Å². The first-order valence-electron chi connectivity index (χ1n) is 8.38. The maximum absolute atomic E-state index is 6.50. The summed E-state index contributed by atoms with van der Waals surface area (Å²) in [4.78, 5) is 0. The van der Waals surface area contributed by atoms with Crippen molar-refractivity contribution < 1.29 is 14.0 Å². The van der Waals surface area contributed by atoms with E-state index in [9.17, 15) is 0 Å². The first-order chi connectivity index (χ1) is 10.5. The number of rotatable bonds is 3. The molecular formula is C18H25BO3. The third-order valence-electron chi connectivity index (χ3n) is 6.60. The summed E-state index contributed by atoms with van der Waals surface area (Å²) in [6.07, 6.45) is 2.59. The van der Waals surface area contributed by atoms with E-state index in [1.165, 1.54) is 6.42 Å². The van der Waals surface area contributed by atoms with Crippen molar-refractivity contribution in [3.63, 3.8) is 0 Å². The van der Waals surface area contributed by atoms with Crippen molar-refractivity contribution in [2.75, 3.05) is 7.11 Å². The van der Waals surface area contributed by atoms with E-state index in [2.05, 4.69) is 32.9 Å². The minimum atomic E-state index is -0.308. The van der Waals surface area contributed by atoms with Crippen LogP contribution in [0.5, 0.6) is 0 Å². The molecule has 3 aliphatic carbocycles. The summed E-state index contributed by atoms with van der Waals surface area (Å²) in [6.45, 7) is 7.02. The first kappa shape index (κ1) is 14.7. The molecule has 1 aromatic rings. The van der Waals surface area contributed by atoms with E-state index in [0.717, 1.165) is 17.9 Å². The molecule has 1 saturated heterocycles. The minimum absolute atomic E-state index is 0.163. The van der Waals surface area contributed by atoms with E-state index >= 15 is 0 Å². The molecule has 1 heterocycles. The predicted molar refractivity (Wildman–Crippen MR) is 86.3 cm³/mol. The highest BCUT2D eigenvalue weighted by atomic mass is 16.7. The fourth-order valence-corrected chi connectivity index (χ4v) is 5.07. The summed E-state index contributed by atoms with van der Waals surface area (Å²) in [7, 11) is 1.43. The number of hydrogen-bond donors (Lipinski definition) is 0. The zero-order valence-corrected chi connectivity index (χ0v) is 13.9. The van der Waals surface area contributed by atoms with Gasteiger partial charge in [0.05, 0.1) is 11.7 Å². The number of hydrogen-bond acceptors (Lipinski definition) is 3. The van der Waals surface area contributed by atoms with Crippen LogP contribution in [0.3, 0.4) is 0 Å². The summed E-state index contributed by atoms with van der Waals surface area (Å²) in [5.74, 6) is 1.36. The van der Waals surface area contributed by atoms with Crippen LogP contribution >= 0.6 is 0 Å².